The zero-order valence-corrected chi connectivity index (χ0v) is 19.2. The Morgan fingerprint density at radius 3 is 2.53 bits per heavy atom. The number of hydrogen-bond donors (Lipinski definition) is 2. The Morgan fingerprint density at radius 1 is 1.18 bits per heavy atom. The summed E-state index contributed by atoms with van der Waals surface area (Å²) in [5.74, 6) is -1.62. The van der Waals surface area contributed by atoms with Crippen molar-refractivity contribution in [2.45, 2.75) is 25.7 Å². The number of halogens is 3. The number of ether oxygens (including phenoxy) is 1. The highest BCUT2D eigenvalue weighted by molar-refractivity contribution is 6.31. The largest absolute Gasteiger partial charge is 0.380 e. The lowest BCUT2D eigenvalue weighted by Gasteiger charge is -2.47. The van der Waals surface area contributed by atoms with Gasteiger partial charge in [-0.25, -0.2) is 13.8 Å². The van der Waals surface area contributed by atoms with Crippen molar-refractivity contribution < 1.29 is 23.1 Å². The van der Waals surface area contributed by atoms with Crippen LogP contribution in [-0.4, -0.2) is 53.0 Å². The maximum atomic E-state index is 13.5. The molecule has 5 rings (SSSR count). The van der Waals surface area contributed by atoms with Gasteiger partial charge in [0.2, 0.25) is 5.91 Å². The Bertz CT molecular complexity index is 1200. The predicted molar refractivity (Wildman–Crippen MR) is 123 cm³/mol. The van der Waals surface area contributed by atoms with Gasteiger partial charge in [-0.3, -0.25) is 9.59 Å². The summed E-state index contributed by atoms with van der Waals surface area (Å²) in [5.41, 5.74) is 6.73. The van der Waals surface area contributed by atoms with E-state index in [1.54, 1.807) is 12.1 Å². The van der Waals surface area contributed by atoms with E-state index in [1.807, 2.05) is 4.90 Å². The SMILES string of the molecule is NC(=O)c1cc2cc(Cl)cnc2[nH]1.O=C(CCc1ccc(F)cc1F)N1CCC2(CC1)COC2. The first kappa shape index (κ1) is 24.1. The third-order valence-electron chi connectivity index (χ3n) is 6.32. The van der Waals surface area contributed by atoms with Crippen LogP contribution in [0.25, 0.3) is 11.0 Å². The lowest BCUT2D eigenvalue weighted by molar-refractivity contribution is -0.153. The van der Waals surface area contributed by atoms with Gasteiger partial charge >= 0.3 is 0 Å². The Kier molecular flexibility index (Phi) is 7.13. The summed E-state index contributed by atoms with van der Waals surface area (Å²) in [7, 11) is 0. The number of nitrogens with one attached hydrogen (secondary N) is 1. The van der Waals surface area contributed by atoms with Crippen molar-refractivity contribution in [1.82, 2.24) is 14.9 Å². The minimum Gasteiger partial charge on any atom is -0.380 e. The fraction of sp³-hybridized carbons (Fsp3) is 0.375. The highest BCUT2D eigenvalue weighted by atomic mass is 35.5. The quantitative estimate of drug-likeness (QED) is 0.580. The van der Waals surface area contributed by atoms with Gasteiger partial charge < -0.3 is 20.4 Å². The van der Waals surface area contributed by atoms with Gasteiger partial charge in [-0.1, -0.05) is 17.7 Å². The molecule has 3 N–H and O–H groups in total. The van der Waals surface area contributed by atoms with Gasteiger partial charge in [0.1, 0.15) is 23.0 Å². The second kappa shape index (κ2) is 10.1. The zero-order valence-electron chi connectivity index (χ0n) is 18.5. The van der Waals surface area contributed by atoms with Gasteiger partial charge in [0, 0.05) is 42.6 Å². The van der Waals surface area contributed by atoms with Crippen molar-refractivity contribution >= 4 is 34.4 Å². The molecule has 2 saturated heterocycles. The van der Waals surface area contributed by atoms with E-state index in [0.717, 1.165) is 50.6 Å². The predicted octanol–water partition coefficient (Wildman–Crippen LogP) is 3.85. The van der Waals surface area contributed by atoms with E-state index in [9.17, 15) is 18.4 Å². The molecular formula is C24H25ClF2N4O3. The van der Waals surface area contributed by atoms with Crippen LogP contribution in [0, 0.1) is 17.0 Å². The molecule has 0 unspecified atom stereocenters. The molecule has 34 heavy (non-hydrogen) atoms. The van der Waals surface area contributed by atoms with Gasteiger partial charge in [0.25, 0.3) is 5.91 Å². The number of nitrogens with zero attached hydrogens (tertiary/aromatic N) is 2. The monoisotopic (exact) mass is 490 g/mol. The number of carbonyl (C=O) groups is 2. The third kappa shape index (κ3) is 5.53. The van der Waals surface area contributed by atoms with Gasteiger partial charge in [0.15, 0.2) is 0 Å². The molecule has 0 atom stereocenters. The highest BCUT2D eigenvalue weighted by Crippen LogP contribution is 2.38. The molecule has 4 heterocycles. The summed E-state index contributed by atoms with van der Waals surface area (Å²) in [5, 5.41) is 1.31. The van der Waals surface area contributed by atoms with Crippen molar-refractivity contribution in [3.8, 4) is 0 Å². The van der Waals surface area contributed by atoms with Crippen LogP contribution in [0.15, 0.2) is 36.5 Å². The number of primary amides is 1. The molecule has 1 spiro atoms. The number of amides is 2. The zero-order chi connectivity index (χ0) is 24.3. The van der Waals surface area contributed by atoms with Gasteiger partial charge in [-0.05, 0) is 43.0 Å². The van der Waals surface area contributed by atoms with Crippen LogP contribution < -0.4 is 5.73 Å². The summed E-state index contributed by atoms with van der Waals surface area (Å²) in [6, 6.07) is 6.84. The van der Waals surface area contributed by atoms with Crippen molar-refractivity contribution in [3.63, 3.8) is 0 Å². The number of aryl methyl sites for hydroxylation is 1. The molecule has 2 amide bonds. The van der Waals surface area contributed by atoms with E-state index in [1.165, 1.54) is 18.3 Å². The van der Waals surface area contributed by atoms with E-state index in [4.69, 9.17) is 22.1 Å². The molecule has 2 fully saturated rings. The van der Waals surface area contributed by atoms with E-state index in [0.29, 0.717) is 33.8 Å². The Balaban J connectivity index is 0.000000180. The topological polar surface area (TPSA) is 101 Å². The number of piperidine rings is 1. The molecule has 3 aromatic rings. The van der Waals surface area contributed by atoms with E-state index < -0.39 is 17.5 Å². The lowest BCUT2D eigenvalue weighted by Crippen LogP contribution is -2.52. The van der Waals surface area contributed by atoms with Crippen LogP contribution in [0.2, 0.25) is 5.02 Å². The molecule has 0 radical (unpaired) electrons. The maximum absolute atomic E-state index is 13.5. The van der Waals surface area contributed by atoms with E-state index in [-0.39, 0.29) is 12.3 Å². The number of benzene rings is 1. The minimum absolute atomic E-state index is 0.0498. The normalized spacial score (nSPS) is 16.6. The number of rotatable bonds is 4. The molecule has 1 aromatic carbocycles. The van der Waals surface area contributed by atoms with Crippen molar-refractivity contribution in [3.05, 3.63) is 64.4 Å². The Labute approximate surface area is 200 Å². The third-order valence-corrected chi connectivity index (χ3v) is 6.53. The summed E-state index contributed by atoms with van der Waals surface area (Å²) in [6.07, 6.45) is 4.07. The summed E-state index contributed by atoms with van der Waals surface area (Å²) in [6.45, 7) is 3.15. The second-order valence-corrected chi connectivity index (χ2v) is 9.18. The first-order chi connectivity index (χ1) is 16.2. The first-order valence-corrected chi connectivity index (χ1v) is 11.4. The minimum atomic E-state index is -0.591. The number of pyridine rings is 1. The standard InChI is InChI=1S/C16H19F2NO2.C8H6ClN3O/c17-13-3-1-12(14(18)9-13)2-4-15(20)19-7-5-16(6-8-19)10-21-11-16;9-5-1-4-2-6(7(10)13)12-8(4)11-3-5/h1,3,9H,2,4-8,10-11H2;1-3H,(H2,10,13)(H,11,12). The number of hydrogen-bond acceptors (Lipinski definition) is 4. The average Bonchev–Trinajstić information content (AvgIpc) is 3.21. The second-order valence-electron chi connectivity index (χ2n) is 8.75. The fourth-order valence-corrected chi connectivity index (χ4v) is 4.32. The van der Waals surface area contributed by atoms with Gasteiger partial charge in [0.05, 0.1) is 18.2 Å². The van der Waals surface area contributed by atoms with Crippen LogP contribution in [0.1, 0.15) is 35.3 Å². The Hall–Kier alpha value is -3.04. The van der Waals surface area contributed by atoms with E-state index in [2.05, 4.69) is 9.97 Å². The van der Waals surface area contributed by atoms with Crippen molar-refractivity contribution in [2.24, 2.45) is 11.1 Å². The molecule has 10 heteroatoms. The van der Waals surface area contributed by atoms with Crippen LogP contribution in [0.3, 0.4) is 0 Å². The van der Waals surface area contributed by atoms with Gasteiger partial charge in [-0.15, -0.1) is 0 Å². The number of nitrogens with two attached hydrogens (primary N) is 1. The number of carbonyl (C=O) groups excluding carboxylic acids is 2. The number of likely N-dealkylation sites (tertiary alicyclic amines) is 1. The fourth-order valence-electron chi connectivity index (χ4n) is 4.16. The smallest absolute Gasteiger partial charge is 0.265 e. The van der Waals surface area contributed by atoms with Crippen LogP contribution in [0.4, 0.5) is 8.78 Å². The molecule has 0 saturated carbocycles. The summed E-state index contributed by atoms with van der Waals surface area (Å²) >= 11 is 5.71. The number of aromatic nitrogens is 2. The van der Waals surface area contributed by atoms with Crippen molar-refractivity contribution in [1.29, 1.82) is 0 Å². The van der Waals surface area contributed by atoms with Crippen LogP contribution in [-0.2, 0) is 16.0 Å². The number of aromatic amines is 1. The molecule has 7 nitrogen and oxygen atoms in total. The summed E-state index contributed by atoms with van der Waals surface area (Å²) < 4.78 is 31.6. The average molecular weight is 491 g/mol. The number of H-pyrrole nitrogens is 1. The molecule has 2 aliphatic heterocycles. The van der Waals surface area contributed by atoms with Crippen LogP contribution >= 0.6 is 11.6 Å². The van der Waals surface area contributed by atoms with Crippen LogP contribution in [0.5, 0.6) is 0 Å². The highest BCUT2D eigenvalue weighted by Gasteiger charge is 2.41. The summed E-state index contributed by atoms with van der Waals surface area (Å²) in [4.78, 5) is 31.6. The molecule has 2 aliphatic rings. The lowest BCUT2D eigenvalue weighted by atomic mass is 9.77. The van der Waals surface area contributed by atoms with E-state index >= 15 is 0 Å². The molecule has 0 bridgehead atoms. The van der Waals surface area contributed by atoms with Crippen molar-refractivity contribution in [2.75, 3.05) is 26.3 Å². The maximum Gasteiger partial charge on any atom is 0.265 e. The number of fused-ring (bicyclic) bond motifs is 1. The Morgan fingerprint density at radius 2 is 1.91 bits per heavy atom. The first-order valence-electron chi connectivity index (χ1n) is 11.0. The molecule has 0 aliphatic carbocycles. The molecule has 2 aromatic heterocycles. The molecular weight excluding hydrogens is 466 g/mol. The molecule has 180 valence electrons. The van der Waals surface area contributed by atoms with Gasteiger partial charge in [-0.2, -0.15) is 0 Å².